The first-order valence-electron chi connectivity index (χ1n) is 8.79. The lowest BCUT2D eigenvalue weighted by atomic mass is 9.85. The second-order valence-electron chi connectivity index (χ2n) is 7.07. The van der Waals surface area contributed by atoms with Gasteiger partial charge in [0.15, 0.2) is 0 Å². The number of allylic oxidation sites excluding steroid dienone is 2. The fourth-order valence-electron chi connectivity index (χ4n) is 3.75. The molecule has 0 saturated carbocycles. The molecule has 1 aromatic rings. The van der Waals surface area contributed by atoms with Crippen molar-refractivity contribution in [2.45, 2.75) is 26.2 Å². The van der Waals surface area contributed by atoms with Gasteiger partial charge in [-0.25, -0.2) is 0 Å². The van der Waals surface area contributed by atoms with Crippen LogP contribution in [0, 0.1) is 5.92 Å². The molecule has 0 unspecified atom stereocenters. The molecular weight excluding hydrogens is 304 g/mol. The van der Waals surface area contributed by atoms with Crippen LogP contribution in [0.5, 0.6) is 0 Å². The van der Waals surface area contributed by atoms with Gasteiger partial charge in [0.2, 0.25) is 0 Å². The van der Waals surface area contributed by atoms with Crippen molar-refractivity contribution in [3.05, 3.63) is 53.1 Å². The highest BCUT2D eigenvalue weighted by atomic mass is 35.5. The number of benzene rings is 1. The summed E-state index contributed by atoms with van der Waals surface area (Å²) in [4.78, 5) is 4.19. The van der Waals surface area contributed by atoms with Crippen molar-refractivity contribution in [1.29, 1.82) is 0 Å². The number of quaternary nitrogens is 1. The number of hydrogen-bond donors (Lipinski definition) is 1. The zero-order valence-corrected chi connectivity index (χ0v) is 14.9. The Balaban J connectivity index is 1.49. The van der Waals surface area contributed by atoms with Crippen molar-refractivity contribution in [2.24, 2.45) is 5.92 Å². The second kappa shape index (κ2) is 7.55. The van der Waals surface area contributed by atoms with E-state index >= 15 is 0 Å². The van der Waals surface area contributed by atoms with Crippen molar-refractivity contribution in [3.63, 3.8) is 0 Å². The molecule has 2 aliphatic rings. The lowest BCUT2D eigenvalue weighted by molar-refractivity contribution is -0.895. The van der Waals surface area contributed by atoms with Crippen molar-refractivity contribution in [3.8, 4) is 0 Å². The smallest absolute Gasteiger partial charge is 0.0988 e. The van der Waals surface area contributed by atoms with Gasteiger partial charge in [-0.1, -0.05) is 35.9 Å². The minimum Gasteiger partial charge on any atom is -0.360 e. The maximum atomic E-state index is 6.11. The van der Waals surface area contributed by atoms with Gasteiger partial charge in [0.05, 0.1) is 32.7 Å². The molecule has 3 heteroatoms. The highest BCUT2D eigenvalue weighted by Crippen LogP contribution is 2.27. The Morgan fingerprint density at radius 3 is 2.74 bits per heavy atom. The minimum absolute atomic E-state index is 0.716. The Morgan fingerprint density at radius 2 is 2.13 bits per heavy atom. The highest BCUT2D eigenvalue weighted by molar-refractivity contribution is 6.30. The summed E-state index contributed by atoms with van der Waals surface area (Å²) in [5.74, 6) is 0.716. The molecule has 1 aromatic carbocycles. The van der Waals surface area contributed by atoms with E-state index in [4.69, 9.17) is 11.6 Å². The van der Waals surface area contributed by atoms with Gasteiger partial charge in [0.1, 0.15) is 0 Å². The summed E-state index contributed by atoms with van der Waals surface area (Å²) < 4.78 is 0. The van der Waals surface area contributed by atoms with Crippen LogP contribution in [0.2, 0.25) is 5.02 Å². The minimum atomic E-state index is 0.716. The molecular formula is C20H28ClN2+. The Bertz CT molecular complexity index is 585. The van der Waals surface area contributed by atoms with Gasteiger partial charge in [-0.15, -0.1) is 0 Å². The predicted molar refractivity (Wildman–Crippen MR) is 99.5 cm³/mol. The summed E-state index contributed by atoms with van der Waals surface area (Å²) in [5, 5.41) is 0.830. The van der Waals surface area contributed by atoms with Gasteiger partial charge in [0.25, 0.3) is 0 Å². The lowest BCUT2D eigenvalue weighted by Crippen LogP contribution is -3.15. The second-order valence-corrected chi connectivity index (χ2v) is 7.51. The SMILES string of the molecule is C=C(C)[C@H]1CC=C(C[NH+]2CCN(c3cccc(Cl)c3)CC2)CC1. The normalized spacial score (nSPS) is 22.8. The molecule has 2 nitrogen and oxygen atoms in total. The van der Waals surface area contributed by atoms with Crippen LogP contribution in [0.4, 0.5) is 5.69 Å². The third-order valence-electron chi connectivity index (χ3n) is 5.32. The van der Waals surface area contributed by atoms with E-state index in [2.05, 4.69) is 36.6 Å². The van der Waals surface area contributed by atoms with E-state index in [0.29, 0.717) is 5.92 Å². The van der Waals surface area contributed by atoms with E-state index in [1.54, 1.807) is 10.5 Å². The summed E-state index contributed by atoms with van der Waals surface area (Å²) in [6.45, 7) is 12.2. The average Bonchev–Trinajstić information content (AvgIpc) is 2.56. The molecule has 0 aromatic heterocycles. The van der Waals surface area contributed by atoms with Crippen molar-refractivity contribution in [2.75, 3.05) is 37.6 Å². The number of hydrogen-bond acceptors (Lipinski definition) is 1. The Kier molecular flexibility index (Phi) is 5.45. The Labute approximate surface area is 145 Å². The third-order valence-corrected chi connectivity index (χ3v) is 5.56. The average molecular weight is 332 g/mol. The van der Waals surface area contributed by atoms with Gasteiger partial charge in [-0.3, -0.25) is 0 Å². The van der Waals surface area contributed by atoms with Crippen LogP contribution in [0.3, 0.4) is 0 Å². The fraction of sp³-hybridized carbons (Fsp3) is 0.500. The number of rotatable bonds is 4. The van der Waals surface area contributed by atoms with Crippen LogP contribution < -0.4 is 9.80 Å². The molecule has 1 atom stereocenters. The first-order chi connectivity index (χ1) is 11.1. The van der Waals surface area contributed by atoms with Gasteiger partial charge < -0.3 is 9.80 Å². The predicted octanol–water partition coefficient (Wildman–Crippen LogP) is 3.35. The maximum Gasteiger partial charge on any atom is 0.0988 e. The van der Waals surface area contributed by atoms with E-state index in [-0.39, 0.29) is 0 Å². The molecule has 23 heavy (non-hydrogen) atoms. The summed E-state index contributed by atoms with van der Waals surface area (Å²) >= 11 is 6.11. The molecule has 1 aliphatic carbocycles. The zero-order valence-electron chi connectivity index (χ0n) is 14.2. The number of halogens is 1. The molecule has 0 spiro atoms. The van der Waals surface area contributed by atoms with Crippen molar-refractivity contribution in [1.82, 2.24) is 0 Å². The van der Waals surface area contributed by atoms with Gasteiger partial charge in [-0.2, -0.15) is 0 Å². The van der Waals surface area contributed by atoms with Crippen LogP contribution in [0.1, 0.15) is 26.2 Å². The lowest BCUT2D eigenvalue weighted by Gasteiger charge is -2.34. The zero-order chi connectivity index (χ0) is 16.2. The van der Waals surface area contributed by atoms with E-state index < -0.39 is 0 Å². The highest BCUT2D eigenvalue weighted by Gasteiger charge is 2.23. The summed E-state index contributed by atoms with van der Waals surface area (Å²) in [5.41, 5.74) is 4.27. The van der Waals surface area contributed by atoms with E-state index in [0.717, 1.165) is 18.1 Å². The van der Waals surface area contributed by atoms with E-state index in [1.165, 1.54) is 50.2 Å². The van der Waals surface area contributed by atoms with Crippen molar-refractivity contribution < 1.29 is 4.90 Å². The fourth-order valence-corrected chi connectivity index (χ4v) is 3.93. The van der Waals surface area contributed by atoms with E-state index in [9.17, 15) is 0 Å². The molecule has 1 N–H and O–H groups in total. The summed E-state index contributed by atoms with van der Waals surface area (Å²) in [7, 11) is 0. The molecule has 1 fully saturated rings. The number of piperazine rings is 1. The first kappa shape index (κ1) is 16.6. The molecule has 0 radical (unpaired) electrons. The van der Waals surface area contributed by atoms with Gasteiger partial charge >= 0.3 is 0 Å². The largest absolute Gasteiger partial charge is 0.360 e. The third kappa shape index (κ3) is 4.39. The number of anilines is 1. The van der Waals surface area contributed by atoms with Crippen LogP contribution in [-0.4, -0.2) is 32.7 Å². The van der Waals surface area contributed by atoms with Gasteiger partial charge in [-0.05, 0) is 55.9 Å². The van der Waals surface area contributed by atoms with Crippen LogP contribution in [0.15, 0.2) is 48.1 Å². The van der Waals surface area contributed by atoms with Crippen molar-refractivity contribution >= 4 is 17.3 Å². The van der Waals surface area contributed by atoms with E-state index in [1.807, 2.05) is 12.1 Å². The van der Waals surface area contributed by atoms with Gasteiger partial charge in [0, 0.05) is 10.7 Å². The molecule has 1 saturated heterocycles. The quantitative estimate of drug-likeness (QED) is 0.831. The summed E-state index contributed by atoms with van der Waals surface area (Å²) in [6.07, 6.45) is 6.24. The standard InChI is InChI=1S/C20H27ClN2/c1-16(2)18-8-6-17(7-9-18)15-22-10-12-23(13-11-22)20-5-3-4-19(21)14-20/h3-6,14,18H,1,7-13,15H2,2H3/p+1/t18-/m0/s1. The van der Waals surface area contributed by atoms with Crippen LogP contribution in [0.25, 0.3) is 0 Å². The number of nitrogens with one attached hydrogen (secondary N) is 1. The molecule has 0 bridgehead atoms. The number of nitrogens with zero attached hydrogens (tertiary/aromatic N) is 1. The topological polar surface area (TPSA) is 7.68 Å². The maximum absolute atomic E-state index is 6.11. The molecule has 3 rings (SSSR count). The Morgan fingerprint density at radius 1 is 1.35 bits per heavy atom. The first-order valence-corrected chi connectivity index (χ1v) is 9.17. The monoisotopic (exact) mass is 331 g/mol. The molecule has 0 amide bonds. The molecule has 124 valence electrons. The van der Waals surface area contributed by atoms with Crippen LogP contribution >= 0.6 is 11.6 Å². The van der Waals surface area contributed by atoms with Crippen LogP contribution in [-0.2, 0) is 0 Å². The Hall–Kier alpha value is -1.25. The molecule has 1 aliphatic heterocycles. The summed E-state index contributed by atoms with van der Waals surface area (Å²) in [6, 6.07) is 8.23. The molecule has 1 heterocycles.